The van der Waals surface area contributed by atoms with Crippen molar-refractivity contribution in [2.24, 2.45) is 0 Å². The monoisotopic (exact) mass is 306 g/mol. The molecule has 0 radical (unpaired) electrons. The van der Waals surface area contributed by atoms with Gasteiger partial charge in [-0.15, -0.1) is 0 Å². The molecule has 2 heterocycles. The molecule has 0 fully saturated rings. The second-order valence-electron chi connectivity index (χ2n) is 4.32. The number of hydrogen-bond donors (Lipinski definition) is 2. The van der Waals surface area contributed by atoms with Crippen molar-refractivity contribution in [3.8, 4) is 22.5 Å². The molecule has 0 atom stereocenters. The summed E-state index contributed by atoms with van der Waals surface area (Å²) < 4.78 is 27.1. The molecule has 0 aliphatic carbocycles. The first kappa shape index (κ1) is 13.5. The molecule has 3 aromatic rings. The van der Waals surface area contributed by atoms with Gasteiger partial charge in [0, 0.05) is 5.56 Å². The van der Waals surface area contributed by atoms with Crippen molar-refractivity contribution in [3.63, 3.8) is 0 Å². The fourth-order valence-electron chi connectivity index (χ4n) is 2.05. The Labute approximate surface area is 123 Å². The molecule has 0 saturated heterocycles. The van der Waals surface area contributed by atoms with Crippen LogP contribution >= 0.6 is 11.6 Å². The molecule has 3 rings (SSSR count). The lowest BCUT2D eigenvalue weighted by atomic mass is 10.0. The van der Waals surface area contributed by atoms with Crippen LogP contribution in [-0.4, -0.2) is 15.2 Å². The standard InChI is InChI=1S/C14H9ClF2N4/c15-8-2-1-3-9(17)11(8)12-13(20-21-14(12)18)10-5-4-7(16)6-19-10/h1-6H,(H3,18,20,21). The Morgan fingerprint density at radius 3 is 2.57 bits per heavy atom. The van der Waals surface area contributed by atoms with Gasteiger partial charge in [-0.05, 0) is 24.3 Å². The first-order chi connectivity index (χ1) is 10.1. The predicted octanol–water partition coefficient (Wildman–Crippen LogP) is 3.65. The van der Waals surface area contributed by atoms with Gasteiger partial charge in [0.1, 0.15) is 11.6 Å². The Bertz CT molecular complexity index is 779. The number of benzene rings is 1. The smallest absolute Gasteiger partial charge is 0.153 e. The van der Waals surface area contributed by atoms with Gasteiger partial charge < -0.3 is 5.73 Å². The molecule has 2 aromatic heterocycles. The maximum Gasteiger partial charge on any atom is 0.153 e. The van der Waals surface area contributed by atoms with Crippen molar-refractivity contribution in [2.75, 3.05) is 5.73 Å². The zero-order valence-corrected chi connectivity index (χ0v) is 11.3. The Kier molecular flexibility index (Phi) is 3.31. The highest BCUT2D eigenvalue weighted by Gasteiger charge is 2.21. The molecule has 0 aliphatic rings. The minimum atomic E-state index is -0.529. The Morgan fingerprint density at radius 1 is 1.10 bits per heavy atom. The summed E-state index contributed by atoms with van der Waals surface area (Å²) in [5, 5.41) is 6.75. The Balaban J connectivity index is 2.25. The third kappa shape index (κ3) is 2.34. The number of nitrogens with two attached hydrogens (primary N) is 1. The van der Waals surface area contributed by atoms with Crippen LogP contribution in [0.3, 0.4) is 0 Å². The van der Waals surface area contributed by atoms with Gasteiger partial charge in [0.05, 0.1) is 28.2 Å². The summed E-state index contributed by atoms with van der Waals surface area (Å²) in [5.74, 6) is -0.918. The lowest BCUT2D eigenvalue weighted by Crippen LogP contribution is -1.93. The van der Waals surface area contributed by atoms with Crippen LogP contribution in [0.4, 0.5) is 14.6 Å². The van der Waals surface area contributed by atoms with E-state index in [1.165, 1.54) is 24.3 Å². The zero-order valence-electron chi connectivity index (χ0n) is 10.6. The van der Waals surface area contributed by atoms with E-state index in [2.05, 4.69) is 15.2 Å². The van der Waals surface area contributed by atoms with Crippen molar-refractivity contribution in [1.82, 2.24) is 15.2 Å². The number of nitrogens with zero attached hydrogens (tertiary/aromatic N) is 2. The third-order valence-corrected chi connectivity index (χ3v) is 3.31. The summed E-state index contributed by atoms with van der Waals surface area (Å²) in [7, 11) is 0. The average Bonchev–Trinajstić information content (AvgIpc) is 2.82. The molecule has 0 aliphatic heterocycles. The zero-order chi connectivity index (χ0) is 15.0. The number of nitrogens with one attached hydrogen (secondary N) is 1. The molecular weight excluding hydrogens is 298 g/mol. The van der Waals surface area contributed by atoms with Crippen LogP contribution < -0.4 is 5.73 Å². The van der Waals surface area contributed by atoms with Crippen LogP contribution in [0.25, 0.3) is 22.5 Å². The normalized spacial score (nSPS) is 10.8. The van der Waals surface area contributed by atoms with Gasteiger partial charge in [0.25, 0.3) is 0 Å². The van der Waals surface area contributed by atoms with E-state index in [9.17, 15) is 8.78 Å². The molecule has 4 nitrogen and oxygen atoms in total. The Morgan fingerprint density at radius 2 is 1.90 bits per heavy atom. The highest BCUT2D eigenvalue weighted by atomic mass is 35.5. The molecule has 3 N–H and O–H groups in total. The van der Waals surface area contributed by atoms with Gasteiger partial charge in [-0.3, -0.25) is 10.1 Å². The number of rotatable bonds is 2. The van der Waals surface area contributed by atoms with Crippen LogP contribution in [0, 0.1) is 11.6 Å². The molecule has 0 spiro atoms. The Hall–Kier alpha value is -2.47. The maximum atomic E-state index is 14.1. The number of anilines is 1. The van der Waals surface area contributed by atoms with Crippen LogP contribution in [0.1, 0.15) is 0 Å². The molecule has 0 unspecified atom stereocenters. The lowest BCUT2D eigenvalue weighted by molar-refractivity contribution is 0.621. The average molecular weight is 307 g/mol. The number of aromatic amines is 1. The molecular formula is C14H9ClF2N4. The van der Waals surface area contributed by atoms with Crippen LogP contribution in [0.2, 0.25) is 5.02 Å². The fourth-order valence-corrected chi connectivity index (χ4v) is 2.31. The third-order valence-electron chi connectivity index (χ3n) is 2.99. The van der Waals surface area contributed by atoms with Gasteiger partial charge in [-0.25, -0.2) is 8.78 Å². The summed E-state index contributed by atoms with van der Waals surface area (Å²) >= 11 is 6.06. The predicted molar refractivity (Wildman–Crippen MR) is 76.6 cm³/mol. The van der Waals surface area contributed by atoms with E-state index in [1.54, 1.807) is 6.07 Å². The molecule has 0 bridgehead atoms. The summed E-state index contributed by atoms with van der Waals surface area (Å²) in [6.45, 7) is 0. The summed E-state index contributed by atoms with van der Waals surface area (Å²) in [5.41, 5.74) is 7.00. The number of aromatic nitrogens is 3. The number of hydrogen-bond acceptors (Lipinski definition) is 3. The van der Waals surface area contributed by atoms with E-state index in [0.29, 0.717) is 17.0 Å². The fraction of sp³-hybridized carbons (Fsp3) is 0. The van der Waals surface area contributed by atoms with Gasteiger partial charge >= 0.3 is 0 Å². The highest BCUT2D eigenvalue weighted by molar-refractivity contribution is 6.33. The summed E-state index contributed by atoms with van der Waals surface area (Å²) in [6.07, 6.45) is 1.05. The molecule has 7 heteroatoms. The minimum Gasteiger partial charge on any atom is -0.382 e. The lowest BCUT2D eigenvalue weighted by Gasteiger charge is -2.07. The SMILES string of the molecule is Nc1n[nH]c(-c2ccc(F)cn2)c1-c1c(F)cccc1Cl. The topological polar surface area (TPSA) is 67.6 Å². The van der Waals surface area contributed by atoms with Crippen molar-refractivity contribution >= 4 is 17.4 Å². The van der Waals surface area contributed by atoms with E-state index < -0.39 is 11.6 Å². The van der Waals surface area contributed by atoms with Gasteiger partial charge in [0.2, 0.25) is 0 Å². The van der Waals surface area contributed by atoms with Crippen molar-refractivity contribution < 1.29 is 8.78 Å². The van der Waals surface area contributed by atoms with E-state index in [4.69, 9.17) is 17.3 Å². The molecule has 0 saturated carbocycles. The molecule has 1 aromatic carbocycles. The summed E-state index contributed by atoms with van der Waals surface area (Å²) in [4.78, 5) is 3.94. The first-order valence-corrected chi connectivity index (χ1v) is 6.36. The van der Waals surface area contributed by atoms with Gasteiger partial charge in [-0.2, -0.15) is 5.10 Å². The largest absolute Gasteiger partial charge is 0.382 e. The van der Waals surface area contributed by atoms with Crippen molar-refractivity contribution in [2.45, 2.75) is 0 Å². The summed E-state index contributed by atoms with van der Waals surface area (Å²) in [6, 6.07) is 7.00. The second-order valence-corrected chi connectivity index (χ2v) is 4.72. The van der Waals surface area contributed by atoms with Gasteiger partial charge in [-0.1, -0.05) is 17.7 Å². The van der Waals surface area contributed by atoms with Crippen molar-refractivity contribution in [1.29, 1.82) is 0 Å². The van der Waals surface area contributed by atoms with E-state index in [1.807, 2.05) is 0 Å². The first-order valence-electron chi connectivity index (χ1n) is 5.98. The second kappa shape index (κ2) is 5.14. The number of H-pyrrole nitrogens is 1. The van der Waals surface area contributed by atoms with E-state index in [0.717, 1.165) is 6.20 Å². The van der Waals surface area contributed by atoms with E-state index in [-0.39, 0.29) is 16.4 Å². The van der Waals surface area contributed by atoms with Crippen LogP contribution in [0.15, 0.2) is 36.5 Å². The highest BCUT2D eigenvalue weighted by Crippen LogP contribution is 2.39. The number of pyridine rings is 1. The van der Waals surface area contributed by atoms with Crippen LogP contribution in [-0.2, 0) is 0 Å². The van der Waals surface area contributed by atoms with Crippen molar-refractivity contribution in [3.05, 3.63) is 53.2 Å². The van der Waals surface area contributed by atoms with Gasteiger partial charge in [0.15, 0.2) is 5.82 Å². The number of halogens is 3. The molecule has 21 heavy (non-hydrogen) atoms. The quantitative estimate of drug-likeness (QED) is 0.759. The molecule has 106 valence electrons. The molecule has 0 amide bonds. The van der Waals surface area contributed by atoms with E-state index >= 15 is 0 Å². The maximum absolute atomic E-state index is 14.1. The minimum absolute atomic E-state index is 0.0862. The number of nitrogen functional groups attached to an aromatic ring is 1. The van der Waals surface area contributed by atoms with Crippen LogP contribution in [0.5, 0.6) is 0 Å².